The van der Waals surface area contributed by atoms with E-state index in [2.05, 4.69) is 18.0 Å². The molecule has 168 valence electrons. The number of fused-ring (bicyclic) bond motifs is 2. The van der Waals surface area contributed by atoms with Gasteiger partial charge in [-0.3, -0.25) is 24.2 Å². The van der Waals surface area contributed by atoms with Crippen molar-refractivity contribution < 1.29 is 14.4 Å². The van der Waals surface area contributed by atoms with Crippen molar-refractivity contribution >= 4 is 56.8 Å². The molecule has 0 spiro atoms. The summed E-state index contributed by atoms with van der Waals surface area (Å²) in [7, 11) is 3.86. The number of amides is 3. The minimum Gasteiger partial charge on any atom is -0.308 e. The number of benzene rings is 2. The molecule has 0 bridgehead atoms. The van der Waals surface area contributed by atoms with Crippen LogP contribution in [0.5, 0.6) is 0 Å². The lowest BCUT2D eigenvalue weighted by Gasteiger charge is -2.24. The highest BCUT2D eigenvalue weighted by Crippen LogP contribution is 2.30. The molecule has 0 saturated carbocycles. The van der Waals surface area contributed by atoms with Crippen LogP contribution in [0.1, 0.15) is 33.2 Å². The summed E-state index contributed by atoms with van der Waals surface area (Å²) >= 11 is 1.45. The molecule has 0 unspecified atom stereocenters. The average Bonchev–Trinajstić information content (AvgIpc) is 3.28. The first-order valence-corrected chi connectivity index (χ1v) is 11.0. The second-order valence-electron chi connectivity index (χ2n) is 7.74. The Hall–Kier alpha value is -2.81. The van der Waals surface area contributed by atoms with Crippen LogP contribution in [0.3, 0.4) is 0 Å². The fourth-order valence-electron chi connectivity index (χ4n) is 3.52. The van der Waals surface area contributed by atoms with Crippen LogP contribution < -0.4 is 4.90 Å². The number of nitrogens with zero attached hydrogens (tertiary/aromatic N) is 4. The maximum atomic E-state index is 13.3. The summed E-state index contributed by atoms with van der Waals surface area (Å²) in [6.45, 7) is 2.83. The molecule has 7 nitrogen and oxygen atoms in total. The molecule has 2 aromatic carbocycles. The Morgan fingerprint density at radius 2 is 1.69 bits per heavy atom. The molecular formula is C23H25ClN4O3S. The number of hydrogen-bond acceptors (Lipinski definition) is 6. The number of carbonyl (C=O) groups is 3. The number of halogens is 1. The number of anilines is 1. The molecule has 3 aromatic rings. The van der Waals surface area contributed by atoms with E-state index in [4.69, 9.17) is 0 Å². The summed E-state index contributed by atoms with van der Waals surface area (Å²) in [6, 6.07) is 12.7. The Kier molecular flexibility index (Phi) is 7.28. The van der Waals surface area contributed by atoms with Crippen LogP contribution >= 0.6 is 23.7 Å². The van der Waals surface area contributed by atoms with Crippen molar-refractivity contribution in [1.82, 2.24) is 14.8 Å². The van der Waals surface area contributed by atoms with Crippen LogP contribution in [0.25, 0.3) is 10.2 Å². The quantitative estimate of drug-likeness (QED) is 0.492. The van der Waals surface area contributed by atoms with Crippen molar-refractivity contribution in [3.63, 3.8) is 0 Å². The molecule has 9 heteroatoms. The number of rotatable bonds is 7. The predicted molar refractivity (Wildman–Crippen MR) is 129 cm³/mol. The number of thiazole rings is 1. The molecule has 0 fully saturated rings. The third kappa shape index (κ3) is 4.53. The Morgan fingerprint density at radius 3 is 2.28 bits per heavy atom. The van der Waals surface area contributed by atoms with Crippen LogP contribution in [-0.2, 0) is 11.2 Å². The molecule has 1 aliphatic rings. The molecule has 1 aromatic heterocycles. The molecule has 0 aliphatic carbocycles. The largest absolute Gasteiger partial charge is 0.308 e. The lowest BCUT2D eigenvalue weighted by Crippen LogP contribution is -2.45. The van der Waals surface area contributed by atoms with E-state index < -0.39 is 11.8 Å². The van der Waals surface area contributed by atoms with Crippen molar-refractivity contribution in [3.05, 3.63) is 59.2 Å². The smallest absolute Gasteiger partial charge is 0.262 e. The van der Waals surface area contributed by atoms with E-state index in [-0.39, 0.29) is 24.9 Å². The van der Waals surface area contributed by atoms with Crippen molar-refractivity contribution in [1.29, 1.82) is 0 Å². The highest BCUT2D eigenvalue weighted by molar-refractivity contribution is 7.22. The van der Waals surface area contributed by atoms with Gasteiger partial charge in [-0.15, -0.1) is 12.4 Å². The van der Waals surface area contributed by atoms with Gasteiger partial charge in [0.15, 0.2) is 5.13 Å². The molecule has 0 radical (unpaired) electrons. The van der Waals surface area contributed by atoms with E-state index in [1.807, 2.05) is 31.1 Å². The Balaban J connectivity index is 0.00000289. The molecule has 2 heterocycles. The normalized spacial score (nSPS) is 12.9. The lowest BCUT2D eigenvalue weighted by molar-refractivity contribution is -0.119. The summed E-state index contributed by atoms with van der Waals surface area (Å²) in [5.74, 6) is -1.19. The number of carbonyl (C=O) groups excluding carboxylic acids is 3. The molecule has 3 amide bonds. The molecule has 0 N–H and O–H groups in total. The van der Waals surface area contributed by atoms with Gasteiger partial charge in [0, 0.05) is 13.1 Å². The number of likely N-dealkylation sites (N-methyl/N-ethyl adjacent to an activating group) is 1. The van der Waals surface area contributed by atoms with Crippen molar-refractivity contribution in [2.45, 2.75) is 13.3 Å². The van der Waals surface area contributed by atoms with Gasteiger partial charge in [-0.05, 0) is 50.3 Å². The number of aryl methyl sites for hydroxylation is 1. The number of hydrogen-bond donors (Lipinski definition) is 0. The van der Waals surface area contributed by atoms with Gasteiger partial charge >= 0.3 is 0 Å². The molecule has 0 saturated heterocycles. The van der Waals surface area contributed by atoms with Crippen LogP contribution in [0.4, 0.5) is 5.13 Å². The van der Waals surface area contributed by atoms with Gasteiger partial charge in [0.05, 0.1) is 21.3 Å². The van der Waals surface area contributed by atoms with Crippen molar-refractivity contribution in [2.24, 2.45) is 0 Å². The van der Waals surface area contributed by atoms with E-state index in [1.165, 1.54) is 16.9 Å². The van der Waals surface area contributed by atoms with Gasteiger partial charge in [-0.2, -0.15) is 0 Å². The predicted octanol–water partition coefficient (Wildman–Crippen LogP) is 3.47. The Morgan fingerprint density at radius 1 is 1.03 bits per heavy atom. The Labute approximate surface area is 197 Å². The van der Waals surface area contributed by atoms with Crippen LogP contribution in [0, 0.1) is 0 Å². The van der Waals surface area contributed by atoms with Gasteiger partial charge in [-0.25, -0.2) is 4.98 Å². The third-order valence-electron chi connectivity index (χ3n) is 5.32. The third-order valence-corrected chi connectivity index (χ3v) is 6.37. The zero-order chi connectivity index (χ0) is 22.1. The van der Waals surface area contributed by atoms with E-state index in [0.717, 1.165) is 21.5 Å². The van der Waals surface area contributed by atoms with Gasteiger partial charge in [0.25, 0.3) is 11.8 Å². The van der Waals surface area contributed by atoms with Crippen molar-refractivity contribution in [3.8, 4) is 0 Å². The van der Waals surface area contributed by atoms with Gasteiger partial charge < -0.3 is 4.90 Å². The minimum absolute atomic E-state index is 0. The highest BCUT2D eigenvalue weighted by atomic mass is 35.5. The first-order valence-electron chi connectivity index (χ1n) is 10.2. The van der Waals surface area contributed by atoms with E-state index in [0.29, 0.717) is 29.3 Å². The first-order chi connectivity index (χ1) is 14.9. The summed E-state index contributed by atoms with van der Waals surface area (Å²) < 4.78 is 1.01. The zero-order valence-electron chi connectivity index (χ0n) is 18.2. The second kappa shape index (κ2) is 9.77. The SMILES string of the molecule is CCc1ccc2nc(N(CCN(C)C)C(=O)CN3C(=O)c4ccccc4C3=O)sc2c1.Cl. The van der Waals surface area contributed by atoms with E-state index in [1.54, 1.807) is 29.2 Å². The molecule has 32 heavy (non-hydrogen) atoms. The van der Waals surface area contributed by atoms with Crippen LogP contribution in [-0.4, -0.2) is 66.2 Å². The summed E-state index contributed by atoms with van der Waals surface area (Å²) in [4.78, 5) is 47.9. The van der Waals surface area contributed by atoms with E-state index in [9.17, 15) is 14.4 Å². The molecule has 1 aliphatic heterocycles. The van der Waals surface area contributed by atoms with E-state index >= 15 is 0 Å². The summed E-state index contributed by atoms with van der Waals surface area (Å²) in [6.07, 6.45) is 0.923. The topological polar surface area (TPSA) is 73.8 Å². The van der Waals surface area contributed by atoms with Crippen LogP contribution in [0.2, 0.25) is 0 Å². The number of imide groups is 1. The zero-order valence-corrected chi connectivity index (χ0v) is 19.8. The molecular weight excluding hydrogens is 448 g/mol. The lowest BCUT2D eigenvalue weighted by atomic mass is 10.1. The fraction of sp³-hybridized carbons (Fsp3) is 0.304. The Bertz CT molecular complexity index is 1140. The molecule has 4 rings (SSSR count). The minimum atomic E-state index is -0.432. The maximum absolute atomic E-state index is 13.3. The standard InChI is InChI=1S/C23H24N4O3S.ClH/c1-4-15-9-10-18-19(13-15)31-23(24-18)26(12-11-25(2)3)20(28)14-27-21(29)16-7-5-6-8-17(16)22(27)30;/h5-10,13H,4,11-12,14H2,1-3H3;1H. The summed E-state index contributed by atoms with van der Waals surface area (Å²) in [5, 5.41) is 0.576. The van der Waals surface area contributed by atoms with Crippen molar-refractivity contribution in [2.75, 3.05) is 38.6 Å². The van der Waals surface area contributed by atoms with Crippen LogP contribution in [0.15, 0.2) is 42.5 Å². The van der Waals surface area contributed by atoms with Gasteiger partial charge in [-0.1, -0.05) is 36.5 Å². The fourth-order valence-corrected chi connectivity index (χ4v) is 4.60. The monoisotopic (exact) mass is 472 g/mol. The number of aromatic nitrogens is 1. The average molecular weight is 473 g/mol. The summed E-state index contributed by atoms with van der Waals surface area (Å²) in [5.41, 5.74) is 2.72. The van der Waals surface area contributed by atoms with Gasteiger partial charge in [0.2, 0.25) is 5.91 Å². The van der Waals surface area contributed by atoms with Gasteiger partial charge in [0.1, 0.15) is 6.54 Å². The molecule has 0 atom stereocenters. The highest BCUT2D eigenvalue weighted by Gasteiger charge is 2.37. The maximum Gasteiger partial charge on any atom is 0.262 e. The second-order valence-corrected chi connectivity index (χ2v) is 8.75. The first kappa shape index (κ1) is 23.8.